The molecule has 0 aromatic rings. The average molecular weight is 250 g/mol. The fraction of sp³-hybridized carbons (Fsp3) is 0.889. The first-order chi connectivity index (χ1) is 7.38. The largest absolute Gasteiger partial charge is 0.480 e. The van der Waals surface area contributed by atoms with Crippen LogP contribution in [-0.2, 0) is 15.0 Å². The van der Waals surface area contributed by atoms with E-state index in [2.05, 4.69) is 4.72 Å². The van der Waals surface area contributed by atoms with Crippen LogP contribution in [0.3, 0.4) is 0 Å². The van der Waals surface area contributed by atoms with Crippen LogP contribution in [0.5, 0.6) is 0 Å². The Balaban J connectivity index is 2.89. The zero-order valence-corrected chi connectivity index (χ0v) is 10.3. The first-order valence-electron chi connectivity index (χ1n) is 5.37. The summed E-state index contributed by atoms with van der Waals surface area (Å²) in [6.45, 7) is 4.14. The molecule has 1 fully saturated rings. The molecule has 0 aromatic carbocycles. The lowest BCUT2D eigenvalue weighted by Crippen LogP contribution is -2.53. The van der Waals surface area contributed by atoms with Gasteiger partial charge in [0.15, 0.2) is 0 Å². The number of nitrogens with one attached hydrogen (secondary N) is 1. The van der Waals surface area contributed by atoms with Crippen LogP contribution in [-0.4, -0.2) is 42.9 Å². The number of carbonyl (C=O) groups is 1. The second kappa shape index (κ2) is 5.11. The maximum atomic E-state index is 11.8. The van der Waals surface area contributed by atoms with E-state index >= 15 is 0 Å². The molecule has 1 heterocycles. The standard InChI is InChI=1S/C9H18N2O4S/c1-3-10-16(14,15)11-5-4-7(2)6-8(11)9(12)13/h7-8,10H,3-6H2,1-2H3,(H,12,13). The molecule has 1 saturated heterocycles. The Kier molecular flexibility index (Phi) is 4.28. The topological polar surface area (TPSA) is 86.7 Å². The number of piperidine rings is 1. The second-order valence-corrected chi connectivity index (χ2v) is 5.81. The lowest BCUT2D eigenvalue weighted by molar-refractivity contribution is -0.143. The van der Waals surface area contributed by atoms with Gasteiger partial charge in [-0.05, 0) is 18.8 Å². The van der Waals surface area contributed by atoms with Gasteiger partial charge in [-0.2, -0.15) is 12.7 Å². The van der Waals surface area contributed by atoms with Crippen molar-refractivity contribution in [2.45, 2.75) is 32.7 Å². The molecular formula is C9H18N2O4S. The van der Waals surface area contributed by atoms with Gasteiger partial charge < -0.3 is 5.11 Å². The van der Waals surface area contributed by atoms with E-state index in [1.54, 1.807) is 6.92 Å². The maximum Gasteiger partial charge on any atom is 0.322 e. The van der Waals surface area contributed by atoms with Crippen LogP contribution in [0.4, 0.5) is 0 Å². The van der Waals surface area contributed by atoms with E-state index in [9.17, 15) is 13.2 Å². The van der Waals surface area contributed by atoms with Crippen molar-refractivity contribution in [1.82, 2.24) is 9.03 Å². The Morgan fingerprint density at radius 2 is 2.19 bits per heavy atom. The van der Waals surface area contributed by atoms with Crippen molar-refractivity contribution >= 4 is 16.2 Å². The molecule has 7 heteroatoms. The van der Waals surface area contributed by atoms with Crippen molar-refractivity contribution in [3.8, 4) is 0 Å². The first-order valence-corrected chi connectivity index (χ1v) is 6.81. The minimum absolute atomic E-state index is 0.245. The molecule has 0 amide bonds. The lowest BCUT2D eigenvalue weighted by Gasteiger charge is -2.34. The quantitative estimate of drug-likeness (QED) is 0.736. The van der Waals surface area contributed by atoms with E-state index < -0.39 is 22.2 Å². The summed E-state index contributed by atoms with van der Waals surface area (Å²) in [6, 6.07) is -0.937. The molecule has 6 nitrogen and oxygen atoms in total. The average Bonchev–Trinajstić information content (AvgIpc) is 2.16. The molecule has 0 saturated carbocycles. The van der Waals surface area contributed by atoms with Crippen molar-refractivity contribution in [2.75, 3.05) is 13.1 Å². The van der Waals surface area contributed by atoms with Crippen LogP contribution in [0.2, 0.25) is 0 Å². The highest BCUT2D eigenvalue weighted by Crippen LogP contribution is 2.24. The van der Waals surface area contributed by atoms with E-state index in [4.69, 9.17) is 5.11 Å². The number of nitrogens with zero attached hydrogens (tertiary/aromatic N) is 1. The van der Waals surface area contributed by atoms with Gasteiger partial charge in [-0.25, -0.2) is 4.72 Å². The van der Waals surface area contributed by atoms with Gasteiger partial charge >= 0.3 is 5.97 Å². The molecule has 0 bridgehead atoms. The molecule has 0 aromatic heterocycles. The fourth-order valence-corrected chi connectivity index (χ4v) is 3.28. The summed E-state index contributed by atoms with van der Waals surface area (Å²) in [6.07, 6.45) is 1.08. The molecule has 2 unspecified atom stereocenters. The molecule has 1 rings (SSSR count). The smallest absolute Gasteiger partial charge is 0.322 e. The number of rotatable bonds is 4. The molecule has 2 N–H and O–H groups in total. The van der Waals surface area contributed by atoms with Crippen molar-refractivity contribution in [1.29, 1.82) is 0 Å². The van der Waals surface area contributed by atoms with Gasteiger partial charge in [0.1, 0.15) is 6.04 Å². The predicted molar refractivity (Wildman–Crippen MR) is 59.1 cm³/mol. The van der Waals surface area contributed by atoms with Gasteiger partial charge in [0.25, 0.3) is 10.2 Å². The van der Waals surface area contributed by atoms with E-state index in [0.29, 0.717) is 12.8 Å². The Hall–Kier alpha value is -0.660. The summed E-state index contributed by atoms with van der Waals surface area (Å²) in [5.74, 6) is -0.831. The number of carboxylic acid groups (broad SMARTS) is 1. The van der Waals surface area contributed by atoms with Crippen molar-refractivity contribution in [2.24, 2.45) is 5.92 Å². The SMILES string of the molecule is CCNS(=O)(=O)N1CCC(C)CC1C(=O)O. The second-order valence-electron chi connectivity index (χ2n) is 4.10. The molecule has 0 spiro atoms. The van der Waals surface area contributed by atoms with Gasteiger partial charge in [0, 0.05) is 13.1 Å². The highest BCUT2D eigenvalue weighted by atomic mass is 32.2. The third-order valence-corrected chi connectivity index (χ3v) is 4.44. The van der Waals surface area contributed by atoms with E-state index in [0.717, 1.165) is 4.31 Å². The Labute approximate surface area is 95.8 Å². The summed E-state index contributed by atoms with van der Waals surface area (Å²) in [5.41, 5.74) is 0. The monoisotopic (exact) mass is 250 g/mol. The van der Waals surface area contributed by atoms with Gasteiger partial charge in [0.2, 0.25) is 0 Å². The van der Waals surface area contributed by atoms with Crippen molar-refractivity contribution in [3.63, 3.8) is 0 Å². The minimum atomic E-state index is -3.65. The normalized spacial score (nSPS) is 27.9. The Morgan fingerprint density at radius 3 is 2.69 bits per heavy atom. The summed E-state index contributed by atoms with van der Waals surface area (Å²) >= 11 is 0. The number of hydrogen-bond donors (Lipinski definition) is 2. The van der Waals surface area contributed by atoms with Crippen LogP contribution < -0.4 is 4.72 Å². The molecule has 1 aliphatic rings. The number of hydrogen-bond acceptors (Lipinski definition) is 3. The maximum absolute atomic E-state index is 11.8. The number of aliphatic carboxylic acids is 1. The molecule has 1 aliphatic heterocycles. The Morgan fingerprint density at radius 1 is 1.56 bits per heavy atom. The lowest BCUT2D eigenvalue weighted by atomic mass is 9.94. The number of carboxylic acids is 1. The van der Waals surface area contributed by atoms with E-state index in [-0.39, 0.29) is 19.0 Å². The van der Waals surface area contributed by atoms with E-state index in [1.165, 1.54) is 0 Å². The molecule has 94 valence electrons. The molecule has 0 aliphatic carbocycles. The third-order valence-electron chi connectivity index (χ3n) is 2.74. The van der Waals surface area contributed by atoms with Crippen molar-refractivity contribution in [3.05, 3.63) is 0 Å². The first kappa shape index (κ1) is 13.4. The van der Waals surface area contributed by atoms with Gasteiger partial charge in [-0.1, -0.05) is 13.8 Å². The highest BCUT2D eigenvalue weighted by molar-refractivity contribution is 7.87. The molecule has 2 atom stereocenters. The molecule has 0 radical (unpaired) electrons. The highest BCUT2D eigenvalue weighted by Gasteiger charge is 2.38. The van der Waals surface area contributed by atoms with Gasteiger partial charge in [-0.3, -0.25) is 4.79 Å². The van der Waals surface area contributed by atoms with E-state index in [1.807, 2.05) is 6.92 Å². The van der Waals surface area contributed by atoms with Crippen LogP contribution in [0.1, 0.15) is 26.7 Å². The zero-order valence-electron chi connectivity index (χ0n) is 9.51. The van der Waals surface area contributed by atoms with Crippen LogP contribution in [0.15, 0.2) is 0 Å². The van der Waals surface area contributed by atoms with Crippen LogP contribution >= 0.6 is 0 Å². The summed E-state index contributed by atoms with van der Waals surface area (Å²) in [5, 5.41) is 9.02. The van der Waals surface area contributed by atoms with Gasteiger partial charge in [-0.15, -0.1) is 0 Å². The molecule has 16 heavy (non-hydrogen) atoms. The summed E-state index contributed by atoms with van der Waals surface area (Å²) in [7, 11) is -3.65. The third kappa shape index (κ3) is 2.93. The molecular weight excluding hydrogens is 232 g/mol. The van der Waals surface area contributed by atoms with Crippen LogP contribution in [0, 0.1) is 5.92 Å². The van der Waals surface area contributed by atoms with Gasteiger partial charge in [0.05, 0.1) is 0 Å². The minimum Gasteiger partial charge on any atom is -0.480 e. The predicted octanol–water partition coefficient (Wildman–Crippen LogP) is 0.0258. The van der Waals surface area contributed by atoms with Crippen LogP contribution in [0.25, 0.3) is 0 Å². The van der Waals surface area contributed by atoms with Crippen molar-refractivity contribution < 1.29 is 18.3 Å². The Bertz CT molecular complexity index is 355. The summed E-state index contributed by atoms with van der Waals surface area (Å²) in [4.78, 5) is 11.0. The fourth-order valence-electron chi connectivity index (χ4n) is 1.90. The summed E-state index contributed by atoms with van der Waals surface area (Å²) < 4.78 is 26.9. The zero-order chi connectivity index (χ0) is 12.3.